The average molecular weight is 267 g/mol. The van der Waals surface area contributed by atoms with Crippen molar-refractivity contribution in [3.63, 3.8) is 0 Å². The van der Waals surface area contributed by atoms with Gasteiger partial charge in [-0.2, -0.15) is 0 Å². The Hall–Kier alpha value is -2.35. The summed E-state index contributed by atoms with van der Waals surface area (Å²) in [5.41, 5.74) is 2.65. The number of amides is 1. The Morgan fingerprint density at radius 1 is 1.53 bits per heavy atom. The average Bonchev–Trinajstić information content (AvgIpc) is 2.37. The fraction of sp³-hybridized carbons (Fsp3) is 0.364. The Morgan fingerprint density at radius 2 is 2.21 bits per heavy atom. The lowest BCUT2D eigenvalue weighted by Crippen LogP contribution is -2.35. The van der Waals surface area contributed by atoms with Crippen molar-refractivity contribution in [3.05, 3.63) is 28.3 Å². The number of nitrogen functional groups attached to an aromatic ring is 1. The summed E-state index contributed by atoms with van der Waals surface area (Å²) >= 11 is 0. The lowest BCUT2D eigenvalue weighted by atomic mass is 10.2. The van der Waals surface area contributed by atoms with Crippen molar-refractivity contribution in [1.29, 1.82) is 0 Å². The number of hydrogen-bond acceptors (Lipinski definition) is 6. The Bertz CT molecular complexity index is 477. The molecule has 4 N–H and O–H groups in total. The first kappa shape index (κ1) is 14.7. The van der Waals surface area contributed by atoms with Crippen LogP contribution in [0.4, 0.5) is 17.1 Å². The van der Waals surface area contributed by atoms with Gasteiger partial charge in [0, 0.05) is 13.6 Å². The van der Waals surface area contributed by atoms with Gasteiger partial charge in [0.05, 0.1) is 11.5 Å². The molecule has 1 aromatic carbocycles. The molecule has 0 saturated heterocycles. The van der Waals surface area contributed by atoms with Crippen LogP contribution in [0.15, 0.2) is 18.2 Å². The molecule has 8 heteroatoms. The summed E-state index contributed by atoms with van der Waals surface area (Å²) in [7, 11) is 1.61. The van der Waals surface area contributed by atoms with Gasteiger partial charge in [-0.1, -0.05) is 6.07 Å². The number of likely N-dealkylation sites (N-methyl/N-ethyl adjacent to an activating group) is 2. The number of para-hydroxylation sites is 1. The lowest BCUT2D eigenvalue weighted by Gasteiger charge is -2.19. The van der Waals surface area contributed by atoms with E-state index in [9.17, 15) is 14.9 Å². The number of benzene rings is 1. The van der Waals surface area contributed by atoms with E-state index in [1.807, 2.05) is 0 Å². The molecule has 0 heterocycles. The van der Waals surface area contributed by atoms with E-state index < -0.39 is 4.92 Å². The monoisotopic (exact) mass is 267 g/mol. The summed E-state index contributed by atoms with van der Waals surface area (Å²) in [5.74, 6) is 5.05. The highest BCUT2D eigenvalue weighted by molar-refractivity contribution is 5.84. The minimum absolute atomic E-state index is 0.0305. The molecule has 0 aliphatic carbocycles. The maximum Gasteiger partial charge on any atom is 0.316 e. The minimum atomic E-state index is -0.529. The number of hydrogen-bond donors (Lipinski definition) is 3. The predicted octanol–water partition coefficient (Wildman–Crippen LogP) is 0.453. The van der Waals surface area contributed by atoms with Crippen LogP contribution in [0.3, 0.4) is 0 Å². The van der Waals surface area contributed by atoms with Crippen LogP contribution in [0.25, 0.3) is 0 Å². The van der Waals surface area contributed by atoms with Crippen molar-refractivity contribution in [2.24, 2.45) is 5.84 Å². The third-order valence-corrected chi connectivity index (χ3v) is 2.52. The molecule has 0 saturated carbocycles. The molecule has 0 atom stereocenters. The number of hydrazine groups is 1. The van der Waals surface area contributed by atoms with E-state index >= 15 is 0 Å². The molecule has 0 radical (unpaired) electrons. The van der Waals surface area contributed by atoms with Crippen molar-refractivity contribution >= 4 is 23.0 Å². The van der Waals surface area contributed by atoms with Crippen LogP contribution in [0.5, 0.6) is 0 Å². The second-order valence-corrected chi connectivity index (χ2v) is 3.88. The molecule has 104 valence electrons. The molecule has 0 aromatic heterocycles. The molecule has 0 aliphatic rings. The van der Waals surface area contributed by atoms with Crippen molar-refractivity contribution in [2.45, 2.75) is 6.92 Å². The number of anilines is 2. The molecule has 0 spiro atoms. The smallest absolute Gasteiger partial charge is 0.316 e. The fourth-order valence-corrected chi connectivity index (χ4v) is 1.70. The van der Waals surface area contributed by atoms with Crippen LogP contribution in [0, 0.1) is 10.1 Å². The first-order valence-electron chi connectivity index (χ1n) is 5.73. The second kappa shape index (κ2) is 6.55. The quantitative estimate of drug-likeness (QED) is 0.392. The van der Waals surface area contributed by atoms with E-state index in [0.717, 1.165) is 0 Å². The topological polar surface area (TPSA) is 114 Å². The van der Waals surface area contributed by atoms with Gasteiger partial charge in [-0.05, 0) is 19.1 Å². The maximum atomic E-state index is 11.5. The molecule has 0 aliphatic heterocycles. The van der Waals surface area contributed by atoms with E-state index in [2.05, 4.69) is 10.7 Å². The van der Waals surface area contributed by atoms with E-state index in [1.54, 1.807) is 26.1 Å². The number of carbonyl (C=O) groups excluding carboxylic acids is 1. The Balaban J connectivity index is 3.05. The van der Waals surface area contributed by atoms with E-state index in [0.29, 0.717) is 12.2 Å². The number of nitrogens with zero attached hydrogens (tertiary/aromatic N) is 2. The van der Waals surface area contributed by atoms with Crippen LogP contribution < -0.4 is 21.5 Å². The van der Waals surface area contributed by atoms with Gasteiger partial charge in [0.1, 0.15) is 11.4 Å². The van der Waals surface area contributed by atoms with E-state index in [-0.39, 0.29) is 23.8 Å². The first-order chi connectivity index (χ1) is 9.01. The van der Waals surface area contributed by atoms with Crippen LogP contribution >= 0.6 is 0 Å². The molecule has 0 fully saturated rings. The number of nitrogens with two attached hydrogens (primary N) is 1. The van der Waals surface area contributed by atoms with Gasteiger partial charge in [-0.3, -0.25) is 20.8 Å². The minimum Gasteiger partial charge on any atom is -0.360 e. The van der Waals surface area contributed by atoms with Gasteiger partial charge in [-0.15, -0.1) is 0 Å². The zero-order chi connectivity index (χ0) is 14.4. The highest BCUT2D eigenvalue weighted by Gasteiger charge is 2.22. The van der Waals surface area contributed by atoms with Crippen molar-refractivity contribution in [1.82, 2.24) is 5.32 Å². The molecule has 19 heavy (non-hydrogen) atoms. The fourth-order valence-electron chi connectivity index (χ4n) is 1.70. The summed E-state index contributed by atoms with van der Waals surface area (Å²) in [6, 6.07) is 4.70. The zero-order valence-electron chi connectivity index (χ0n) is 10.8. The summed E-state index contributed by atoms with van der Waals surface area (Å²) in [5, 5.41) is 13.7. The van der Waals surface area contributed by atoms with Gasteiger partial charge >= 0.3 is 5.69 Å². The number of carbonyl (C=O) groups is 1. The summed E-state index contributed by atoms with van der Waals surface area (Å²) in [6.07, 6.45) is 0. The van der Waals surface area contributed by atoms with E-state index in [1.165, 1.54) is 11.0 Å². The number of rotatable bonds is 6. The van der Waals surface area contributed by atoms with E-state index in [4.69, 9.17) is 5.84 Å². The third-order valence-electron chi connectivity index (χ3n) is 2.52. The molecule has 1 rings (SSSR count). The standard InChI is InChI=1S/C11H17N5O3/c1-3-13-10(17)7-15(2)9-6-4-5-8(14-12)11(9)16(18)19/h4-6,14H,3,7,12H2,1-2H3,(H,13,17). The number of nitrogens with one attached hydrogen (secondary N) is 2. The zero-order valence-corrected chi connectivity index (χ0v) is 10.8. The van der Waals surface area contributed by atoms with Crippen molar-refractivity contribution in [3.8, 4) is 0 Å². The third kappa shape index (κ3) is 3.55. The molecule has 1 amide bonds. The van der Waals surface area contributed by atoms with Crippen LogP contribution in [0.2, 0.25) is 0 Å². The van der Waals surface area contributed by atoms with Gasteiger partial charge in [0.2, 0.25) is 5.91 Å². The van der Waals surface area contributed by atoms with Gasteiger partial charge in [0.25, 0.3) is 0 Å². The predicted molar refractivity (Wildman–Crippen MR) is 72.9 cm³/mol. The molecule has 1 aromatic rings. The van der Waals surface area contributed by atoms with Crippen LogP contribution in [-0.4, -0.2) is 31.0 Å². The number of nitro benzene ring substituents is 1. The van der Waals surface area contributed by atoms with Crippen LogP contribution in [0.1, 0.15) is 6.92 Å². The SMILES string of the molecule is CCNC(=O)CN(C)c1cccc(NN)c1[N+](=O)[O-]. The molecular weight excluding hydrogens is 250 g/mol. The van der Waals surface area contributed by atoms with Crippen LogP contribution in [-0.2, 0) is 4.79 Å². The molecular formula is C11H17N5O3. The molecule has 8 nitrogen and oxygen atoms in total. The van der Waals surface area contributed by atoms with Crippen molar-refractivity contribution < 1.29 is 9.72 Å². The first-order valence-corrected chi connectivity index (χ1v) is 5.73. The largest absolute Gasteiger partial charge is 0.360 e. The van der Waals surface area contributed by atoms with Crippen molar-refractivity contribution in [2.75, 3.05) is 30.5 Å². The Morgan fingerprint density at radius 3 is 2.74 bits per heavy atom. The lowest BCUT2D eigenvalue weighted by molar-refractivity contribution is -0.383. The molecule has 0 unspecified atom stereocenters. The number of nitro groups is 1. The van der Waals surface area contributed by atoms with Gasteiger partial charge in [-0.25, -0.2) is 0 Å². The summed E-state index contributed by atoms with van der Waals surface area (Å²) < 4.78 is 0. The van der Waals surface area contributed by atoms with Gasteiger partial charge < -0.3 is 15.6 Å². The second-order valence-electron chi connectivity index (χ2n) is 3.88. The summed E-state index contributed by atoms with van der Waals surface area (Å²) in [6.45, 7) is 2.35. The Labute approximate surface area is 110 Å². The Kier molecular flexibility index (Phi) is 5.07. The highest BCUT2D eigenvalue weighted by atomic mass is 16.6. The van der Waals surface area contributed by atoms with Gasteiger partial charge in [0.15, 0.2) is 0 Å². The normalized spacial score (nSPS) is 9.84. The summed E-state index contributed by atoms with van der Waals surface area (Å²) in [4.78, 5) is 23.6. The maximum absolute atomic E-state index is 11.5. The molecule has 0 bridgehead atoms. The highest BCUT2D eigenvalue weighted by Crippen LogP contribution is 2.34.